The predicted molar refractivity (Wildman–Crippen MR) is 80.0 cm³/mol. The molecule has 0 amide bonds. The van der Waals surface area contributed by atoms with E-state index in [9.17, 15) is 9.90 Å². The Balaban J connectivity index is 1.91. The highest BCUT2D eigenvalue weighted by atomic mass is 16.4. The average Bonchev–Trinajstić information content (AvgIpc) is 3.05. The summed E-state index contributed by atoms with van der Waals surface area (Å²) in [5, 5.41) is 12.5. The lowest BCUT2D eigenvalue weighted by Crippen LogP contribution is -2.50. The number of carboxylic acid groups (broad SMARTS) is 1. The lowest BCUT2D eigenvalue weighted by atomic mass is 9.98. The van der Waals surface area contributed by atoms with Gasteiger partial charge in [-0.15, -0.1) is 0 Å². The molecule has 116 valence electrons. The Kier molecular flexibility index (Phi) is 5.04. The SMILES string of the molecule is CCN1CCCC1CN(C)C1CCC(NC)(C(=O)O)C1. The Labute approximate surface area is 122 Å². The number of hydrogen-bond acceptors (Lipinski definition) is 4. The molecule has 3 unspecified atom stereocenters. The molecule has 20 heavy (non-hydrogen) atoms. The van der Waals surface area contributed by atoms with E-state index in [0.29, 0.717) is 18.5 Å². The Morgan fingerprint density at radius 2 is 2.25 bits per heavy atom. The normalized spacial score (nSPS) is 35.0. The molecule has 5 nitrogen and oxygen atoms in total. The predicted octanol–water partition coefficient (Wildman–Crippen LogP) is 0.998. The number of aliphatic carboxylic acids is 1. The van der Waals surface area contributed by atoms with E-state index in [-0.39, 0.29) is 0 Å². The first-order chi connectivity index (χ1) is 9.52. The Morgan fingerprint density at radius 1 is 1.50 bits per heavy atom. The molecule has 0 aromatic heterocycles. The summed E-state index contributed by atoms with van der Waals surface area (Å²) in [6.45, 7) is 5.64. The van der Waals surface area contributed by atoms with Gasteiger partial charge in [0.2, 0.25) is 0 Å². The van der Waals surface area contributed by atoms with Crippen molar-refractivity contribution in [3.05, 3.63) is 0 Å². The van der Waals surface area contributed by atoms with Crippen LogP contribution < -0.4 is 5.32 Å². The number of likely N-dealkylation sites (N-methyl/N-ethyl adjacent to an activating group) is 3. The molecule has 2 aliphatic rings. The summed E-state index contributed by atoms with van der Waals surface area (Å²) in [6, 6.07) is 1.04. The molecule has 2 N–H and O–H groups in total. The van der Waals surface area contributed by atoms with Gasteiger partial charge in [0.1, 0.15) is 5.54 Å². The van der Waals surface area contributed by atoms with Crippen molar-refractivity contribution in [3.63, 3.8) is 0 Å². The van der Waals surface area contributed by atoms with Crippen LogP contribution in [-0.2, 0) is 4.79 Å². The van der Waals surface area contributed by atoms with Gasteiger partial charge in [0.25, 0.3) is 0 Å². The van der Waals surface area contributed by atoms with Crippen LogP contribution in [0.5, 0.6) is 0 Å². The zero-order valence-electron chi connectivity index (χ0n) is 13.1. The summed E-state index contributed by atoms with van der Waals surface area (Å²) < 4.78 is 0. The number of nitrogens with zero attached hydrogens (tertiary/aromatic N) is 2. The van der Waals surface area contributed by atoms with Crippen LogP contribution in [0.25, 0.3) is 0 Å². The number of carboxylic acids is 1. The highest BCUT2D eigenvalue weighted by Crippen LogP contribution is 2.33. The third-order valence-corrected chi connectivity index (χ3v) is 5.40. The highest BCUT2D eigenvalue weighted by Gasteiger charge is 2.45. The molecular weight excluding hydrogens is 254 g/mol. The van der Waals surface area contributed by atoms with Crippen molar-refractivity contribution in [2.45, 2.75) is 56.7 Å². The van der Waals surface area contributed by atoms with Gasteiger partial charge in [0.15, 0.2) is 0 Å². The summed E-state index contributed by atoms with van der Waals surface area (Å²) in [6.07, 6.45) is 5.00. The van der Waals surface area contributed by atoms with Crippen molar-refractivity contribution in [1.82, 2.24) is 15.1 Å². The fourth-order valence-corrected chi connectivity index (χ4v) is 3.92. The number of rotatable bonds is 6. The highest BCUT2D eigenvalue weighted by molar-refractivity contribution is 5.79. The van der Waals surface area contributed by atoms with Crippen LogP contribution in [0.4, 0.5) is 0 Å². The number of likely N-dealkylation sites (tertiary alicyclic amines) is 1. The average molecular weight is 283 g/mol. The maximum Gasteiger partial charge on any atom is 0.323 e. The molecular formula is C15H29N3O2. The van der Waals surface area contributed by atoms with Gasteiger partial charge in [-0.1, -0.05) is 6.92 Å². The van der Waals surface area contributed by atoms with Crippen molar-refractivity contribution in [1.29, 1.82) is 0 Å². The second-order valence-electron chi connectivity index (χ2n) is 6.40. The Bertz CT molecular complexity index is 350. The largest absolute Gasteiger partial charge is 0.480 e. The molecule has 0 aromatic carbocycles. The molecule has 2 fully saturated rings. The smallest absolute Gasteiger partial charge is 0.323 e. The van der Waals surface area contributed by atoms with Crippen LogP contribution >= 0.6 is 0 Å². The van der Waals surface area contributed by atoms with Gasteiger partial charge in [-0.3, -0.25) is 9.69 Å². The molecule has 0 radical (unpaired) electrons. The Hall–Kier alpha value is -0.650. The van der Waals surface area contributed by atoms with E-state index >= 15 is 0 Å². The van der Waals surface area contributed by atoms with Gasteiger partial charge in [0.05, 0.1) is 0 Å². The van der Waals surface area contributed by atoms with Gasteiger partial charge in [-0.05, 0) is 59.3 Å². The summed E-state index contributed by atoms with van der Waals surface area (Å²) in [5.74, 6) is -0.702. The lowest BCUT2D eigenvalue weighted by molar-refractivity contribution is -0.144. The summed E-state index contributed by atoms with van der Waals surface area (Å²) in [7, 11) is 3.93. The quantitative estimate of drug-likeness (QED) is 0.761. The van der Waals surface area contributed by atoms with Crippen molar-refractivity contribution < 1.29 is 9.90 Å². The van der Waals surface area contributed by atoms with Gasteiger partial charge < -0.3 is 15.3 Å². The standard InChI is InChI=1S/C15H29N3O2/c1-4-18-9-5-6-13(18)11-17(3)12-7-8-15(10-12,16-2)14(19)20/h12-13,16H,4-11H2,1-3H3,(H,19,20). The van der Waals surface area contributed by atoms with E-state index < -0.39 is 11.5 Å². The summed E-state index contributed by atoms with van der Waals surface area (Å²) in [4.78, 5) is 16.4. The first kappa shape index (κ1) is 15.7. The van der Waals surface area contributed by atoms with Gasteiger partial charge in [-0.25, -0.2) is 0 Å². The maximum absolute atomic E-state index is 11.5. The lowest BCUT2D eigenvalue weighted by Gasteiger charge is -2.32. The number of carbonyl (C=O) groups is 1. The van der Waals surface area contributed by atoms with E-state index in [1.165, 1.54) is 19.4 Å². The Morgan fingerprint density at radius 3 is 2.80 bits per heavy atom. The zero-order valence-corrected chi connectivity index (χ0v) is 13.1. The fourth-order valence-electron chi connectivity index (χ4n) is 3.92. The van der Waals surface area contributed by atoms with Gasteiger partial charge in [-0.2, -0.15) is 0 Å². The van der Waals surface area contributed by atoms with Crippen LogP contribution in [-0.4, -0.2) is 72.2 Å². The number of hydrogen-bond donors (Lipinski definition) is 2. The number of nitrogens with one attached hydrogen (secondary N) is 1. The molecule has 1 aliphatic carbocycles. The van der Waals surface area contributed by atoms with E-state index in [1.54, 1.807) is 7.05 Å². The maximum atomic E-state index is 11.5. The van der Waals surface area contributed by atoms with Crippen molar-refractivity contribution in [2.24, 2.45) is 0 Å². The van der Waals surface area contributed by atoms with Crippen molar-refractivity contribution in [3.8, 4) is 0 Å². The first-order valence-electron chi connectivity index (χ1n) is 7.89. The van der Waals surface area contributed by atoms with Crippen LogP contribution in [0.3, 0.4) is 0 Å². The molecule has 0 aromatic rings. The van der Waals surface area contributed by atoms with Crippen LogP contribution in [0.2, 0.25) is 0 Å². The molecule has 1 heterocycles. The van der Waals surface area contributed by atoms with Crippen LogP contribution in [0.1, 0.15) is 39.0 Å². The summed E-state index contributed by atoms with van der Waals surface area (Å²) >= 11 is 0. The van der Waals surface area contributed by atoms with Crippen molar-refractivity contribution >= 4 is 5.97 Å². The minimum Gasteiger partial charge on any atom is -0.480 e. The minimum atomic E-state index is -0.709. The molecule has 1 saturated carbocycles. The zero-order chi connectivity index (χ0) is 14.8. The fraction of sp³-hybridized carbons (Fsp3) is 0.933. The molecule has 1 aliphatic heterocycles. The molecule has 0 bridgehead atoms. The van der Waals surface area contributed by atoms with Crippen LogP contribution in [0.15, 0.2) is 0 Å². The third-order valence-electron chi connectivity index (χ3n) is 5.40. The third kappa shape index (κ3) is 3.00. The van der Waals surface area contributed by atoms with E-state index in [0.717, 1.165) is 25.9 Å². The molecule has 2 rings (SSSR count). The second-order valence-corrected chi connectivity index (χ2v) is 6.40. The first-order valence-corrected chi connectivity index (χ1v) is 7.89. The summed E-state index contributed by atoms with van der Waals surface area (Å²) in [5.41, 5.74) is -0.709. The topological polar surface area (TPSA) is 55.8 Å². The van der Waals surface area contributed by atoms with E-state index in [1.807, 2.05) is 0 Å². The second kappa shape index (κ2) is 6.41. The monoisotopic (exact) mass is 283 g/mol. The van der Waals surface area contributed by atoms with Crippen molar-refractivity contribution in [2.75, 3.05) is 33.7 Å². The van der Waals surface area contributed by atoms with Crippen LogP contribution in [0, 0.1) is 0 Å². The minimum absolute atomic E-state index is 0.387. The molecule has 1 saturated heterocycles. The van der Waals surface area contributed by atoms with E-state index in [2.05, 4.69) is 29.1 Å². The molecule has 3 atom stereocenters. The molecule has 0 spiro atoms. The van der Waals surface area contributed by atoms with Gasteiger partial charge >= 0.3 is 5.97 Å². The van der Waals surface area contributed by atoms with E-state index in [4.69, 9.17) is 0 Å². The molecule has 5 heteroatoms. The van der Waals surface area contributed by atoms with Gasteiger partial charge in [0, 0.05) is 18.6 Å².